The van der Waals surface area contributed by atoms with E-state index in [0.29, 0.717) is 17.8 Å². The number of amides is 2. The van der Waals surface area contributed by atoms with Crippen LogP contribution in [0.1, 0.15) is 30.1 Å². The lowest BCUT2D eigenvalue weighted by molar-refractivity contribution is -0.385. The Balaban J connectivity index is 2.00. The highest BCUT2D eigenvalue weighted by molar-refractivity contribution is 6.04. The zero-order valence-electron chi connectivity index (χ0n) is 16.3. The maximum Gasteiger partial charge on any atom is 0.311 e. The molecular formula is C20H23N3O6. The quantitative estimate of drug-likeness (QED) is 0.358. The normalized spacial score (nSPS) is 10.1. The molecule has 2 N–H and O–H groups in total. The van der Waals surface area contributed by atoms with Gasteiger partial charge in [-0.1, -0.05) is 25.5 Å². The molecule has 29 heavy (non-hydrogen) atoms. The maximum atomic E-state index is 12.3. The SMILES string of the molecule is CCCCNC(=O)c1ccccc1NC(=O)COc1ccc([N+](=O)[O-])c(OC)c1. The molecule has 9 nitrogen and oxygen atoms in total. The number of unbranched alkanes of at least 4 members (excludes halogenated alkanes) is 1. The molecule has 0 atom stereocenters. The number of nitro groups is 1. The number of rotatable bonds is 10. The lowest BCUT2D eigenvalue weighted by Crippen LogP contribution is -2.27. The van der Waals surface area contributed by atoms with Gasteiger partial charge >= 0.3 is 5.69 Å². The Labute approximate surface area is 168 Å². The molecule has 0 saturated heterocycles. The third-order valence-corrected chi connectivity index (χ3v) is 3.98. The molecule has 0 spiro atoms. The van der Waals surface area contributed by atoms with Crippen molar-refractivity contribution in [1.82, 2.24) is 5.32 Å². The first-order valence-electron chi connectivity index (χ1n) is 9.08. The molecule has 2 aromatic carbocycles. The van der Waals surface area contributed by atoms with Gasteiger partial charge in [-0.05, 0) is 24.6 Å². The largest absolute Gasteiger partial charge is 0.490 e. The van der Waals surface area contributed by atoms with Crippen molar-refractivity contribution in [3.8, 4) is 11.5 Å². The summed E-state index contributed by atoms with van der Waals surface area (Å²) in [5.74, 6) is -0.471. The van der Waals surface area contributed by atoms with Crippen molar-refractivity contribution >= 4 is 23.2 Å². The van der Waals surface area contributed by atoms with Crippen LogP contribution in [0.3, 0.4) is 0 Å². The number of hydrogen-bond donors (Lipinski definition) is 2. The van der Waals surface area contributed by atoms with Crippen LogP contribution in [0.2, 0.25) is 0 Å². The minimum Gasteiger partial charge on any atom is -0.490 e. The van der Waals surface area contributed by atoms with Gasteiger partial charge in [0.05, 0.1) is 23.3 Å². The molecule has 2 aromatic rings. The lowest BCUT2D eigenvalue weighted by atomic mass is 10.1. The van der Waals surface area contributed by atoms with Crippen LogP contribution in [0.4, 0.5) is 11.4 Å². The summed E-state index contributed by atoms with van der Waals surface area (Å²) in [5.41, 5.74) is 0.526. The molecular weight excluding hydrogens is 378 g/mol. The van der Waals surface area contributed by atoms with Crippen LogP contribution < -0.4 is 20.1 Å². The van der Waals surface area contributed by atoms with Gasteiger partial charge in [-0.2, -0.15) is 0 Å². The summed E-state index contributed by atoms with van der Waals surface area (Å²) in [6.07, 6.45) is 1.83. The molecule has 0 aliphatic heterocycles. The van der Waals surface area contributed by atoms with Gasteiger partial charge in [0.25, 0.3) is 11.8 Å². The number of nitrogens with zero attached hydrogens (tertiary/aromatic N) is 1. The molecule has 0 unspecified atom stereocenters. The highest BCUT2D eigenvalue weighted by Gasteiger charge is 2.16. The van der Waals surface area contributed by atoms with Crippen LogP contribution in [0.5, 0.6) is 11.5 Å². The van der Waals surface area contributed by atoms with E-state index in [9.17, 15) is 19.7 Å². The van der Waals surface area contributed by atoms with Crippen LogP contribution in [-0.2, 0) is 4.79 Å². The van der Waals surface area contributed by atoms with Crippen LogP contribution >= 0.6 is 0 Å². The summed E-state index contributed by atoms with van der Waals surface area (Å²) >= 11 is 0. The Bertz CT molecular complexity index is 884. The number of anilines is 1. The minimum atomic E-state index is -0.572. The zero-order valence-corrected chi connectivity index (χ0v) is 16.3. The monoisotopic (exact) mass is 401 g/mol. The second-order valence-electron chi connectivity index (χ2n) is 6.08. The standard InChI is InChI=1S/C20H23N3O6/c1-3-4-11-21-20(25)15-7-5-6-8-16(15)22-19(24)13-29-14-9-10-17(23(26)27)18(12-14)28-2/h5-10,12H,3-4,11,13H2,1-2H3,(H,21,25)(H,22,24). The molecule has 0 aliphatic carbocycles. The predicted molar refractivity (Wildman–Crippen MR) is 107 cm³/mol. The van der Waals surface area contributed by atoms with Crippen molar-refractivity contribution in [2.75, 3.05) is 25.6 Å². The first kappa shape index (κ1) is 21.7. The fourth-order valence-corrected chi connectivity index (χ4v) is 2.50. The molecule has 0 aliphatic rings. The Morgan fingerprint density at radius 3 is 2.62 bits per heavy atom. The van der Waals surface area contributed by atoms with Crippen molar-refractivity contribution in [2.24, 2.45) is 0 Å². The van der Waals surface area contributed by atoms with Crippen LogP contribution in [0.25, 0.3) is 0 Å². The average molecular weight is 401 g/mol. The summed E-state index contributed by atoms with van der Waals surface area (Å²) in [5, 5.41) is 16.4. The third-order valence-electron chi connectivity index (χ3n) is 3.98. The number of methoxy groups -OCH3 is 1. The fourth-order valence-electron chi connectivity index (χ4n) is 2.50. The van der Waals surface area contributed by atoms with E-state index in [2.05, 4.69) is 10.6 Å². The summed E-state index contributed by atoms with van der Waals surface area (Å²) in [6, 6.07) is 10.6. The van der Waals surface area contributed by atoms with Crippen molar-refractivity contribution in [1.29, 1.82) is 0 Å². The number of hydrogen-bond acceptors (Lipinski definition) is 6. The molecule has 0 heterocycles. The van der Waals surface area contributed by atoms with E-state index in [0.717, 1.165) is 12.8 Å². The van der Waals surface area contributed by atoms with Gasteiger partial charge in [0.15, 0.2) is 6.61 Å². The van der Waals surface area contributed by atoms with Crippen molar-refractivity contribution in [3.05, 3.63) is 58.1 Å². The predicted octanol–water partition coefficient (Wildman–Crippen LogP) is 3.15. The molecule has 0 bridgehead atoms. The molecule has 0 saturated carbocycles. The smallest absolute Gasteiger partial charge is 0.311 e. The Morgan fingerprint density at radius 1 is 1.17 bits per heavy atom. The number of nitro benzene ring substituents is 1. The van der Waals surface area contributed by atoms with E-state index in [1.165, 1.54) is 25.3 Å². The highest BCUT2D eigenvalue weighted by atomic mass is 16.6. The minimum absolute atomic E-state index is 0.0296. The van der Waals surface area contributed by atoms with E-state index < -0.39 is 10.8 Å². The van der Waals surface area contributed by atoms with E-state index in [1.807, 2.05) is 6.92 Å². The molecule has 0 radical (unpaired) electrons. The number of benzene rings is 2. The second-order valence-corrected chi connectivity index (χ2v) is 6.08. The summed E-state index contributed by atoms with van der Waals surface area (Å²) in [7, 11) is 1.31. The first-order valence-corrected chi connectivity index (χ1v) is 9.08. The van der Waals surface area contributed by atoms with Gasteiger partial charge in [-0.3, -0.25) is 19.7 Å². The topological polar surface area (TPSA) is 120 Å². The van der Waals surface area contributed by atoms with E-state index in [-0.39, 0.29) is 29.7 Å². The van der Waals surface area contributed by atoms with Gasteiger partial charge in [-0.15, -0.1) is 0 Å². The number of carbonyl (C=O) groups is 2. The van der Waals surface area contributed by atoms with Gasteiger partial charge < -0.3 is 20.1 Å². The van der Waals surface area contributed by atoms with E-state index in [4.69, 9.17) is 9.47 Å². The summed E-state index contributed by atoms with van der Waals surface area (Å²) in [6.45, 7) is 2.25. The zero-order chi connectivity index (χ0) is 21.2. The molecule has 154 valence electrons. The average Bonchev–Trinajstić information content (AvgIpc) is 2.72. The highest BCUT2D eigenvalue weighted by Crippen LogP contribution is 2.30. The van der Waals surface area contributed by atoms with Crippen molar-refractivity contribution < 1.29 is 24.0 Å². The van der Waals surface area contributed by atoms with Crippen LogP contribution in [0, 0.1) is 10.1 Å². The maximum absolute atomic E-state index is 12.3. The number of carbonyl (C=O) groups excluding carboxylic acids is 2. The third kappa shape index (κ3) is 6.20. The molecule has 0 aromatic heterocycles. The Kier molecular flexibility index (Phi) is 7.96. The fraction of sp³-hybridized carbons (Fsp3) is 0.300. The van der Waals surface area contributed by atoms with Crippen molar-refractivity contribution in [3.63, 3.8) is 0 Å². The van der Waals surface area contributed by atoms with Crippen LogP contribution in [-0.4, -0.2) is 37.0 Å². The van der Waals surface area contributed by atoms with Gasteiger partial charge in [0.2, 0.25) is 5.75 Å². The van der Waals surface area contributed by atoms with E-state index in [1.54, 1.807) is 24.3 Å². The van der Waals surface area contributed by atoms with Crippen molar-refractivity contribution in [2.45, 2.75) is 19.8 Å². The first-order chi connectivity index (χ1) is 14.0. The number of nitrogens with one attached hydrogen (secondary N) is 2. The number of para-hydroxylation sites is 1. The summed E-state index contributed by atoms with van der Waals surface area (Å²) in [4.78, 5) is 34.9. The molecule has 0 fully saturated rings. The number of ether oxygens (including phenoxy) is 2. The lowest BCUT2D eigenvalue weighted by Gasteiger charge is -2.12. The molecule has 2 rings (SSSR count). The van der Waals surface area contributed by atoms with Gasteiger partial charge in [-0.25, -0.2) is 0 Å². The Morgan fingerprint density at radius 2 is 1.93 bits per heavy atom. The molecule has 9 heteroatoms. The summed E-state index contributed by atoms with van der Waals surface area (Å²) < 4.78 is 10.3. The van der Waals surface area contributed by atoms with Gasteiger partial charge in [0.1, 0.15) is 5.75 Å². The molecule has 2 amide bonds. The Hall–Kier alpha value is -3.62. The van der Waals surface area contributed by atoms with E-state index >= 15 is 0 Å². The van der Waals surface area contributed by atoms with Crippen LogP contribution in [0.15, 0.2) is 42.5 Å². The van der Waals surface area contributed by atoms with Gasteiger partial charge in [0, 0.05) is 18.7 Å². The second kappa shape index (κ2) is 10.6.